The Morgan fingerprint density at radius 2 is 1.65 bits per heavy atom. The summed E-state index contributed by atoms with van der Waals surface area (Å²) >= 11 is 1.37. The van der Waals surface area contributed by atoms with Crippen LogP contribution < -0.4 is 10.6 Å². The summed E-state index contributed by atoms with van der Waals surface area (Å²) in [6.45, 7) is 11.8. The van der Waals surface area contributed by atoms with E-state index >= 15 is 0 Å². The number of nitrogens with one attached hydrogen (secondary N) is 2. The van der Waals surface area contributed by atoms with Crippen molar-refractivity contribution >= 4 is 29.1 Å². The van der Waals surface area contributed by atoms with E-state index in [1.165, 1.54) is 23.5 Å². The Morgan fingerprint density at radius 1 is 1.05 bits per heavy atom. The number of aliphatic hydroxyl groups is 1. The normalized spacial score (nSPS) is 19.7. The molecule has 3 rings (SSSR count). The molecule has 220 valence electrons. The zero-order chi connectivity index (χ0) is 30.2. The minimum Gasteiger partial charge on any atom is -0.391 e. The van der Waals surface area contributed by atoms with Gasteiger partial charge in [0.05, 0.1) is 22.2 Å². The monoisotopic (exact) mass is 582 g/mol. The first-order valence-corrected chi connectivity index (χ1v) is 13.9. The number of likely N-dealkylation sites (tertiary alicyclic amines) is 1. The topological polar surface area (TPSA) is 112 Å². The summed E-state index contributed by atoms with van der Waals surface area (Å²) in [7, 11) is 0. The van der Waals surface area contributed by atoms with Crippen molar-refractivity contribution in [2.24, 2.45) is 10.8 Å². The third kappa shape index (κ3) is 7.20. The number of rotatable bonds is 6. The number of hydrogen-bond donors (Lipinski definition) is 3. The smallest absolute Gasteiger partial charge is 0.391 e. The number of halogens is 3. The maximum Gasteiger partial charge on any atom is 0.412 e. The van der Waals surface area contributed by atoms with Gasteiger partial charge in [0.15, 0.2) is 6.04 Å². The van der Waals surface area contributed by atoms with Crippen LogP contribution in [0, 0.1) is 17.8 Å². The molecule has 3 N–H and O–H groups in total. The number of β-amino-alcohol motifs (C(OH)–C–C–N with tert-alkyl or cyclic N) is 1. The van der Waals surface area contributed by atoms with E-state index < -0.39 is 59.0 Å². The molecule has 2 heterocycles. The van der Waals surface area contributed by atoms with Crippen LogP contribution in [0.2, 0.25) is 0 Å². The summed E-state index contributed by atoms with van der Waals surface area (Å²) in [5.74, 6) is -2.07. The number of aliphatic hydroxyl groups excluding tert-OH is 1. The zero-order valence-corrected chi connectivity index (χ0v) is 24.5. The average molecular weight is 583 g/mol. The molecular weight excluding hydrogens is 545 g/mol. The van der Waals surface area contributed by atoms with Gasteiger partial charge in [-0.3, -0.25) is 14.4 Å². The summed E-state index contributed by atoms with van der Waals surface area (Å²) in [4.78, 5) is 45.7. The summed E-state index contributed by atoms with van der Waals surface area (Å²) < 4.78 is 42.5. The Morgan fingerprint density at radius 3 is 2.12 bits per heavy atom. The molecule has 0 spiro atoms. The van der Waals surface area contributed by atoms with Crippen molar-refractivity contribution in [3.63, 3.8) is 0 Å². The van der Waals surface area contributed by atoms with E-state index in [9.17, 15) is 32.7 Å². The fourth-order valence-corrected chi connectivity index (χ4v) is 5.28. The Bertz CT molecular complexity index is 1230. The number of thiazole rings is 1. The van der Waals surface area contributed by atoms with E-state index in [0.29, 0.717) is 5.56 Å². The molecule has 1 aromatic heterocycles. The number of benzene rings is 1. The molecule has 3 amide bonds. The second-order valence-electron chi connectivity index (χ2n) is 12.3. The molecule has 0 bridgehead atoms. The van der Waals surface area contributed by atoms with Crippen LogP contribution in [0.5, 0.6) is 0 Å². The highest BCUT2D eigenvalue weighted by molar-refractivity contribution is 7.13. The first kappa shape index (κ1) is 31.5. The fraction of sp³-hybridized carbons (Fsp3) is 0.571. The van der Waals surface area contributed by atoms with Gasteiger partial charge in [0.25, 0.3) is 0 Å². The molecule has 1 fully saturated rings. The molecule has 1 aliphatic heterocycles. The van der Waals surface area contributed by atoms with Crippen LogP contribution in [0.15, 0.2) is 29.8 Å². The molecule has 1 aromatic carbocycles. The fourth-order valence-electron chi connectivity index (χ4n) is 4.47. The SMILES string of the molecule is Cc1ncsc1-c1ccc(C(NC(=O)[C@H]2C[C@H](O)CN2C(=O)C(NC(=O)C(C)(C)C)C(C)(C)C)C(F)(F)F)cc1. The van der Waals surface area contributed by atoms with Gasteiger partial charge in [-0.1, -0.05) is 65.8 Å². The van der Waals surface area contributed by atoms with Gasteiger partial charge < -0.3 is 20.6 Å². The van der Waals surface area contributed by atoms with Crippen LogP contribution in [0.1, 0.15) is 65.3 Å². The van der Waals surface area contributed by atoms with Crippen LogP contribution in [0.25, 0.3) is 10.4 Å². The van der Waals surface area contributed by atoms with Crippen LogP contribution in [0.4, 0.5) is 13.2 Å². The van der Waals surface area contributed by atoms with E-state index in [-0.39, 0.29) is 18.5 Å². The molecule has 0 aliphatic carbocycles. The average Bonchev–Trinajstić information content (AvgIpc) is 3.43. The lowest BCUT2D eigenvalue weighted by Crippen LogP contribution is -2.59. The Hall–Kier alpha value is -2.99. The van der Waals surface area contributed by atoms with E-state index in [4.69, 9.17) is 0 Å². The molecule has 40 heavy (non-hydrogen) atoms. The second kappa shape index (κ2) is 11.5. The van der Waals surface area contributed by atoms with Gasteiger partial charge in [0, 0.05) is 18.4 Å². The van der Waals surface area contributed by atoms with Gasteiger partial charge in [0.1, 0.15) is 12.1 Å². The van der Waals surface area contributed by atoms with E-state index in [1.54, 1.807) is 66.1 Å². The first-order valence-electron chi connectivity index (χ1n) is 13.0. The Kier molecular flexibility index (Phi) is 9.05. The largest absolute Gasteiger partial charge is 0.412 e. The van der Waals surface area contributed by atoms with Crippen molar-refractivity contribution in [2.45, 2.75) is 85.3 Å². The summed E-state index contributed by atoms with van der Waals surface area (Å²) in [6.07, 6.45) is -6.15. The van der Waals surface area contributed by atoms with Crippen molar-refractivity contribution in [1.29, 1.82) is 0 Å². The molecule has 0 saturated carbocycles. The van der Waals surface area contributed by atoms with Crippen LogP contribution in [0.3, 0.4) is 0 Å². The number of amides is 3. The lowest BCUT2D eigenvalue weighted by molar-refractivity contribution is -0.165. The van der Waals surface area contributed by atoms with E-state index in [1.807, 2.05) is 0 Å². The molecule has 8 nitrogen and oxygen atoms in total. The minimum absolute atomic E-state index is 0.173. The highest BCUT2D eigenvalue weighted by Crippen LogP contribution is 2.36. The highest BCUT2D eigenvalue weighted by Gasteiger charge is 2.48. The molecule has 12 heteroatoms. The lowest BCUT2D eigenvalue weighted by atomic mass is 9.84. The number of aryl methyl sites for hydroxylation is 1. The molecule has 1 aliphatic rings. The van der Waals surface area contributed by atoms with Crippen molar-refractivity contribution in [3.8, 4) is 10.4 Å². The molecule has 4 atom stereocenters. The molecule has 0 radical (unpaired) electrons. The van der Waals surface area contributed by atoms with Gasteiger partial charge in [0.2, 0.25) is 17.7 Å². The minimum atomic E-state index is -4.82. The summed E-state index contributed by atoms with van der Waals surface area (Å²) in [6, 6.07) is 0.950. The van der Waals surface area contributed by atoms with Gasteiger partial charge >= 0.3 is 6.18 Å². The highest BCUT2D eigenvalue weighted by atomic mass is 32.1. The van der Waals surface area contributed by atoms with Crippen molar-refractivity contribution in [2.75, 3.05) is 6.54 Å². The maximum atomic E-state index is 14.2. The lowest BCUT2D eigenvalue weighted by Gasteiger charge is -2.37. The van der Waals surface area contributed by atoms with Gasteiger partial charge in [-0.05, 0) is 23.5 Å². The maximum absolute atomic E-state index is 14.2. The van der Waals surface area contributed by atoms with Crippen LogP contribution in [-0.2, 0) is 14.4 Å². The standard InChI is InChI=1S/C28H37F3N4O4S/c1-15-20(40-14-32-15)16-8-10-17(11-9-16)21(28(29,30)31)33-23(37)19-12-18(36)13-35(19)24(38)22(26(2,3)4)34-25(39)27(5,6)7/h8-11,14,18-19,21-22,36H,12-13H2,1-7H3,(H,33,37)(H,34,39)/t18-,19+,21?,22?/m0/s1. The molecule has 2 aromatic rings. The van der Waals surface area contributed by atoms with Gasteiger partial charge in [-0.25, -0.2) is 4.98 Å². The predicted octanol–water partition coefficient (Wildman–Crippen LogP) is 4.38. The third-order valence-electron chi connectivity index (χ3n) is 6.80. The molecular formula is C28H37F3N4O4S. The number of alkyl halides is 3. The van der Waals surface area contributed by atoms with Crippen LogP contribution in [-0.4, -0.2) is 63.6 Å². The van der Waals surface area contributed by atoms with Crippen molar-refractivity contribution < 1.29 is 32.7 Å². The van der Waals surface area contributed by atoms with Crippen molar-refractivity contribution in [3.05, 3.63) is 41.0 Å². The Balaban J connectivity index is 1.86. The van der Waals surface area contributed by atoms with Crippen LogP contribution >= 0.6 is 11.3 Å². The third-order valence-corrected chi connectivity index (χ3v) is 7.78. The number of aromatic nitrogens is 1. The quantitative estimate of drug-likeness (QED) is 0.468. The van der Waals surface area contributed by atoms with Gasteiger partial charge in [-0.2, -0.15) is 13.2 Å². The second-order valence-corrected chi connectivity index (χ2v) is 13.1. The number of carbonyl (C=O) groups excluding carboxylic acids is 3. The number of hydrogen-bond acceptors (Lipinski definition) is 6. The summed E-state index contributed by atoms with van der Waals surface area (Å²) in [5.41, 5.74) is 1.36. The van der Waals surface area contributed by atoms with Crippen molar-refractivity contribution in [1.82, 2.24) is 20.5 Å². The Labute approximate surface area is 236 Å². The zero-order valence-electron chi connectivity index (χ0n) is 23.7. The summed E-state index contributed by atoms with van der Waals surface area (Å²) in [5, 5.41) is 15.1. The van der Waals surface area contributed by atoms with Gasteiger partial charge in [-0.15, -0.1) is 11.3 Å². The number of carbonyl (C=O) groups is 3. The van der Waals surface area contributed by atoms with E-state index in [2.05, 4.69) is 15.6 Å². The molecule has 2 unspecified atom stereocenters. The first-order chi connectivity index (χ1) is 18.3. The van der Waals surface area contributed by atoms with E-state index in [0.717, 1.165) is 15.5 Å². The molecule has 1 saturated heterocycles. The predicted molar refractivity (Wildman–Crippen MR) is 146 cm³/mol. The number of nitrogens with zero attached hydrogens (tertiary/aromatic N) is 2.